The van der Waals surface area contributed by atoms with E-state index in [1.54, 1.807) is 0 Å². The number of nitrogens with zero attached hydrogens (tertiary/aromatic N) is 1. The van der Waals surface area contributed by atoms with Gasteiger partial charge in [0.1, 0.15) is 0 Å². The van der Waals surface area contributed by atoms with E-state index in [1.807, 2.05) is 6.92 Å². The van der Waals surface area contributed by atoms with Gasteiger partial charge in [-0.2, -0.15) is 0 Å². The van der Waals surface area contributed by atoms with E-state index in [9.17, 15) is 4.79 Å². The van der Waals surface area contributed by atoms with E-state index in [0.29, 0.717) is 17.9 Å². The highest BCUT2D eigenvalue weighted by Gasteiger charge is 2.29. The molecular formula is C15H30N2O. The Kier molecular flexibility index (Phi) is 6.13. The predicted octanol–water partition coefficient (Wildman–Crippen LogP) is 2.79. The molecule has 0 aromatic rings. The zero-order chi connectivity index (χ0) is 13.7. The fourth-order valence-corrected chi connectivity index (χ4v) is 2.75. The van der Waals surface area contributed by atoms with Crippen LogP contribution in [-0.4, -0.2) is 29.4 Å². The van der Waals surface area contributed by atoms with Gasteiger partial charge in [0.05, 0.1) is 0 Å². The minimum absolute atomic E-state index is 0.150. The lowest BCUT2D eigenvalue weighted by atomic mass is 9.92. The van der Waals surface area contributed by atoms with Gasteiger partial charge in [-0.1, -0.05) is 20.3 Å². The predicted molar refractivity (Wildman–Crippen MR) is 76.2 cm³/mol. The molecule has 3 heteroatoms. The number of amides is 1. The van der Waals surface area contributed by atoms with Crippen LogP contribution < -0.4 is 5.73 Å². The zero-order valence-electron chi connectivity index (χ0n) is 12.5. The average Bonchev–Trinajstić information content (AvgIpc) is 2.30. The smallest absolute Gasteiger partial charge is 0.225 e. The summed E-state index contributed by atoms with van der Waals surface area (Å²) in [6, 6.07) is 0.672. The molecule has 0 saturated carbocycles. The topological polar surface area (TPSA) is 46.3 Å². The van der Waals surface area contributed by atoms with E-state index >= 15 is 0 Å². The number of nitrogens with two attached hydrogens (primary N) is 1. The van der Waals surface area contributed by atoms with Crippen LogP contribution in [0.25, 0.3) is 0 Å². The van der Waals surface area contributed by atoms with Crippen LogP contribution >= 0.6 is 0 Å². The largest absolute Gasteiger partial charge is 0.340 e. The molecule has 4 atom stereocenters. The second kappa shape index (κ2) is 7.13. The molecule has 106 valence electrons. The van der Waals surface area contributed by atoms with Crippen molar-refractivity contribution in [1.29, 1.82) is 0 Å². The molecule has 0 radical (unpaired) electrons. The summed E-state index contributed by atoms with van der Waals surface area (Å²) in [5.41, 5.74) is 5.74. The molecule has 1 heterocycles. The molecule has 18 heavy (non-hydrogen) atoms. The van der Waals surface area contributed by atoms with Crippen molar-refractivity contribution in [2.24, 2.45) is 17.6 Å². The highest BCUT2D eigenvalue weighted by molar-refractivity contribution is 5.78. The third-order valence-electron chi connectivity index (χ3n) is 4.12. The maximum absolute atomic E-state index is 12.4. The maximum atomic E-state index is 12.4. The molecule has 0 aromatic heterocycles. The highest BCUT2D eigenvalue weighted by atomic mass is 16.2. The first-order valence-electron chi connectivity index (χ1n) is 7.47. The second-order valence-electron chi connectivity index (χ2n) is 6.33. The summed E-state index contributed by atoms with van der Waals surface area (Å²) in [5.74, 6) is 1.15. The van der Waals surface area contributed by atoms with Gasteiger partial charge < -0.3 is 10.6 Å². The Morgan fingerprint density at radius 3 is 2.56 bits per heavy atom. The molecule has 0 bridgehead atoms. The number of hydrogen-bond donors (Lipinski definition) is 1. The van der Waals surface area contributed by atoms with Crippen LogP contribution in [0.5, 0.6) is 0 Å². The first-order valence-corrected chi connectivity index (χ1v) is 7.47. The van der Waals surface area contributed by atoms with Crippen LogP contribution in [0.1, 0.15) is 59.8 Å². The minimum Gasteiger partial charge on any atom is -0.340 e. The van der Waals surface area contributed by atoms with Crippen molar-refractivity contribution in [2.45, 2.75) is 71.9 Å². The molecule has 1 rings (SSSR count). The first-order chi connectivity index (χ1) is 8.41. The molecule has 1 amide bonds. The lowest BCUT2D eigenvalue weighted by molar-refractivity contribution is -0.139. The maximum Gasteiger partial charge on any atom is 0.225 e. The van der Waals surface area contributed by atoms with Gasteiger partial charge in [0.2, 0.25) is 5.91 Å². The van der Waals surface area contributed by atoms with Crippen molar-refractivity contribution in [3.8, 4) is 0 Å². The molecule has 1 aliphatic rings. The van der Waals surface area contributed by atoms with Crippen molar-refractivity contribution < 1.29 is 4.79 Å². The number of likely N-dealkylation sites (tertiary alicyclic amines) is 1. The molecule has 1 aliphatic heterocycles. The molecule has 0 aromatic carbocycles. The zero-order valence-corrected chi connectivity index (χ0v) is 12.5. The van der Waals surface area contributed by atoms with Gasteiger partial charge in [-0.25, -0.2) is 0 Å². The van der Waals surface area contributed by atoms with Crippen LogP contribution in [0, 0.1) is 11.8 Å². The summed E-state index contributed by atoms with van der Waals surface area (Å²) in [6.45, 7) is 9.46. The van der Waals surface area contributed by atoms with E-state index in [2.05, 4.69) is 25.7 Å². The Bertz CT molecular complexity index is 265. The Morgan fingerprint density at radius 1 is 1.28 bits per heavy atom. The lowest BCUT2D eigenvalue weighted by Gasteiger charge is -2.38. The first kappa shape index (κ1) is 15.5. The van der Waals surface area contributed by atoms with Crippen LogP contribution in [-0.2, 0) is 4.79 Å². The van der Waals surface area contributed by atoms with Crippen LogP contribution in [0.15, 0.2) is 0 Å². The molecule has 1 fully saturated rings. The van der Waals surface area contributed by atoms with Gasteiger partial charge in [0.15, 0.2) is 0 Å². The minimum atomic E-state index is 0.150. The Morgan fingerprint density at radius 2 is 1.94 bits per heavy atom. The Hall–Kier alpha value is -0.570. The van der Waals surface area contributed by atoms with Crippen LogP contribution in [0.2, 0.25) is 0 Å². The number of piperidine rings is 1. The van der Waals surface area contributed by atoms with Crippen LogP contribution in [0.3, 0.4) is 0 Å². The van der Waals surface area contributed by atoms with Crippen molar-refractivity contribution >= 4 is 5.91 Å². The molecular weight excluding hydrogens is 224 g/mol. The van der Waals surface area contributed by atoms with Gasteiger partial charge in [-0.3, -0.25) is 4.79 Å². The summed E-state index contributed by atoms with van der Waals surface area (Å²) >= 11 is 0. The number of rotatable bonds is 5. The van der Waals surface area contributed by atoms with E-state index in [1.165, 1.54) is 6.42 Å². The molecule has 4 unspecified atom stereocenters. The molecule has 0 spiro atoms. The van der Waals surface area contributed by atoms with E-state index in [0.717, 1.165) is 32.2 Å². The van der Waals surface area contributed by atoms with E-state index < -0.39 is 0 Å². The monoisotopic (exact) mass is 254 g/mol. The summed E-state index contributed by atoms with van der Waals surface area (Å²) in [7, 11) is 0. The molecule has 0 aliphatic carbocycles. The summed E-state index contributed by atoms with van der Waals surface area (Å²) in [4.78, 5) is 14.5. The summed E-state index contributed by atoms with van der Waals surface area (Å²) in [6.07, 6.45) is 5.45. The normalized spacial score (nSPS) is 27.9. The number of carbonyl (C=O) groups excluding carboxylic acids is 1. The Labute approximate surface area is 112 Å². The third-order valence-corrected chi connectivity index (χ3v) is 4.12. The van der Waals surface area contributed by atoms with Gasteiger partial charge in [0, 0.05) is 24.5 Å². The van der Waals surface area contributed by atoms with Crippen molar-refractivity contribution in [1.82, 2.24) is 4.90 Å². The number of carbonyl (C=O) groups is 1. The molecule has 1 saturated heterocycles. The van der Waals surface area contributed by atoms with E-state index in [-0.39, 0.29) is 12.0 Å². The summed E-state index contributed by atoms with van der Waals surface area (Å²) in [5, 5.41) is 0. The summed E-state index contributed by atoms with van der Waals surface area (Å²) < 4.78 is 0. The second-order valence-corrected chi connectivity index (χ2v) is 6.33. The van der Waals surface area contributed by atoms with Crippen molar-refractivity contribution in [2.75, 3.05) is 6.54 Å². The molecule has 2 N–H and O–H groups in total. The van der Waals surface area contributed by atoms with Gasteiger partial charge in [0.25, 0.3) is 0 Å². The third kappa shape index (κ3) is 4.60. The van der Waals surface area contributed by atoms with E-state index in [4.69, 9.17) is 5.73 Å². The lowest BCUT2D eigenvalue weighted by Crippen LogP contribution is -2.47. The van der Waals surface area contributed by atoms with Crippen molar-refractivity contribution in [3.63, 3.8) is 0 Å². The standard InChI is InChI=1S/C15H30N2O/c1-11-8-9-14(4)17(10-11)15(18)12(2)6-5-7-13(3)16/h11-14H,5-10,16H2,1-4H3. The van der Waals surface area contributed by atoms with Crippen molar-refractivity contribution in [3.05, 3.63) is 0 Å². The highest BCUT2D eigenvalue weighted by Crippen LogP contribution is 2.24. The van der Waals surface area contributed by atoms with Gasteiger partial charge in [-0.15, -0.1) is 0 Å². The quantitative estimate of drug-likeness (QED) is 0.820. The Balaban J connectivity index is 2.41. The number of hydrogen-bond acceptors (Lipinski definition) is 2. The molecule has 3 nitrogen and oxygen atoms in total. The average molecular weight is 254 g/mol. The SMILES string of the molecule is CC(N)CCCC(C)C(=O)N1CC(C)CCC1C. The van der Waals surface area contributed by atoms with Crippen LogP contribution in [0.4, 0.5) is 0 Å². The van der Waals surface area contributed by atoms with Gasteiger partial charge in [-0.05, 0) is 45.4 Å². The fraction of sp³-hybridized carbons (Fsp3) is 0.933. The fourth-order valence-electron chi connectivity index (χ4n) is 2.75. The van der Waals surface area contributed by atoms with Gasteiger partial charge >= 0.3 is 0 Å².